The molecule has 2 aromatic carbocycles. The number of hydrogen-bond donors (Lipinski definition) is 1. The Morgan fingerprint density at radius 2 is 1.86 bits per heavy atom. The predicted octanol–water partition coefficient (Wildman–Crippen LogP) is 4.04. The van der Waals surface area contributed by atoms with E-state index in [2.05, 4.69) is 0 Å². The van der Waals surface area contributed by atoms with Gasteiger partial charge in [0.25, 0.3) is 0 Å². The predicted molar refractivity (Wildman–Crippen MR) is 99.6 cm³/mol. The number of alkyl halides is 3. The van der Waals surface area contributed by atoms with Crippen molar-refractivity contribution < 1.29 is 32.3 Å². The van der Waals surface area contributed by atoms with Crippen LogP contribution in [-0.4, -0.2) is 37.1 Å². The first-order valence-corrected chi connectivity index (χ1v) is 8.49. The van der Waals surface area contributed by atoms with Crippen LogP contribution in [0.15, 0.2) is 54.6 Å². The topological polar surface area (TPSA) is 75.7 Å². The molecule has 9 heteroatoms. The lowest BCUT2D eigenvalue weighted by molar-refractivity contribution is -0.167. The van der Waals surface area contributed by atoms with Crippen LogP contribution >= 0.6 is 0 Å². The third-order valence-electron chi connectivity index (χ3n) is 4.03. The highest BCUT2D eigenvalue weighted by molar-refractivity contribution is 6.07. The summed E-state index contributed by atoms with van der Waals surface area (Å²) < 4.78 is 41.9. The van der Waals surface area contributed by atoms with E-state index in [9.17, 15) is 27.6 Å². The summed E-state index contributed by atoms with van der Waals surface area (Å²) in [6.07, 6.45) is -2.80. The maximum Gasteiger partial charge on any atom is 0.471 e. The van der Waals surface area contributed by atoms with Crippen molar-refractivity contribution in [1.29, 1.82) is 0 Å². The summed E-state index contributed by atoms with van der Waals surface area (Å²) in [5, 5.41) is 1.75. The van der Waals surface area contributed by atoms with Crippen molar-refractivity contribution in [2.45, 2.75) is 6.18 Å². The zero-order chi connectivity index (χ0) is 21.0. The SMILES string of the molecule is O=C(/C=C/c1cccc(NC(=O)C(F)(F)F)c1)c1cccc(N2CCOC2=O)c1. The normalized spacial score (nSPS) is 14.2. The average molecular weight is 404 g/mol. The van der Waals surface area contributed by atoms with Crippen LogP contribution in [0.5, 0.6) is 0 Å². The molecule has 0 aromatic heterocycles. The number of nitrogens with one attached hydrogen (secondary N) is 1. The number of benzene rings is 2. The monoisotopic (exact) mass is 404 g/mol. The van der Waals surface area contributed by atoms with Gasteiger partial charge in [0, 0.05) is 16.9 Å². The molecule has 29 heavy (non-hydrogen) atoms. The van der Waals surface area contributed by atoms with Crippen LogP contribution in [0.4, 0.5) is 29.3 Å². The molecule has 150 valence electrons. The number of cyclic esters (lactones) is 1. The van der Waals surface area contributed by atoms with Crippen LogP contribution in [0, 0.1) is 0 Å². The summed E-state index contributed by atoms with van der Waals surface area (Å²) in [4.78, 5) is 36.5. The van der Waals surface area contributed by atoms with Gasteiger partial charge in [-0.05, 0) is 35.9 Å². The fraction of sp³-hybridized carbons (Fsp3) is 0.150. The van der Waals surface area contributed by atoms with Gasteiger partial charge in [-0.15, -0.1) is 0 Å². The molecule has 2 aromatic rings. The first kappa shape index (κ1) is 20.1. The Labute approximate surface area is 163 Å². The standard InChI is InChI=1S/C20H15F3N2O4/c21-20(22,23)18(27)24-15-5-1-3-13(11-15)7-8-17(26)14-4-2-6-16(12-14)25-9-10-29-19(25)28/h1-8,11-12H,9-10H2,(H,24,27)/b8-7+. The molecule has 1 N–H and O–H groups in total. The lowest BCUT2D eigenvalue weighted by Crippen LogP contribution is -2.29. The smallest absolute Gasteiger partial charge is 0.447 e. The minimum absolute atomic E-state index is 0.0449. The van der Waals surface area contributed by atoms with E-state index in [4.69, 9.17) is 4.74 Å². The maximum absolute atomic E-state index is 12.4. The van der Waals surface area contributed by atoms with Gasteiger partial charge in [-0.1, -0.05) is 30.3 Å². The highest BCUT2D eigenvalue weighted by Gasteiger charge is 2.38. The molecule has 2 amide bonds. The largest absolute Gasteiger partial charge is 0.471 e. The second-order valence-corrected chi connectivity index (χ2v) is 6.09. The Hall–Kier alpha value is -3.62. The summed E-state index contributed by atoms with van der Waals surface area (Å²) in [6, 6.07) is 12.1. The molecular weight excluding hydrogens is 389 g/mol. The van der Waals surface area contributed by atoms with Gasteiger partial charge in [0.1, 0.15) is 6.61 Å². The average Bonchev–Trinajstić information content (AvgIpc) is 3.12. The van der Waals surface area contributed by atoms with Gasteiger partial charge in [-0.2, -0.15) is 13.2 Å². The number of ether oxygens (including phenoxy) is 1. The van der Waals surface area contributed by atoms with E-state index < -0.39 is 18.2 Å². The minimum atomic E-state index is -4.99. The lowest BCUT2D eigenvalue weighted by atomic mass is 10.1. The van der Waals surface area contributed by atoms with Crippen LogP contribution < -0.4 is 10.2 Å². The molecule has 1 aliphatic rings. The highest BCUT2D eigenvalue weighted by Crippen LogP contribution is 2.21. The first-order chi connectivity index (χ1) is 13.7. The minimum Gasteiger partial charge on any atom is -0.447 e. The summed E-state index contributed by atoms with van der Waals surface area (Å²) >= 11 is 0. The molecule has 0 spiro atoms. The maximum atomic E-state index is 12.4. The van der Waals surface area contributed by atoms with Crippen molar-refractivity contribution >= 4 is 35.2 Å². The van der Waals surface area contributed by atoms with Gasteiger partial charge in [-0.25, -0.2) is 4.79 Å². The van der Waals surface area contributed by atoms with Gasteiger partial charge >= 0.3 is 18.2 Å². The van der Waals surface area contributed by atoms with E-state index in [0.29, 0.717) is 23.4 Å². The fourth-order valence-electron chi connectivity index (χ4n) is 2.65. The molecule has 3 rings (SSSR count). The molecule has 1 fully saturated rings. The number of hydrogen-bond acceptors (Lipinski definition) is 4. The molecule has 0 saturated carbocycles. The number of allylic oxidation sites excluding steroid dienone is 1. The molecule has 1 heterocycles. The quantitative estimate of drug-likeness (QED) is 0.603. The molecule has 0 unspecified atom stereocenters. The molecule has 0 atom stereocenters. The Balaban J connectivity index is 1.72. The van der Waals surface area contributed by atoms with Crippen molar-refractivity contribution in [3.05, 3.63) is 65.7 Å². The van der Waals surface area contributed by atoms with Gasteiger partial charge < -0.3 is 10.1 Å². The second-order valence-electron chi connectivity index (χ2n) is 6.09. The van der Waals surface area contributed by atoms with E-state index >= 15 is 0 Å². The molecule has 6 nitrogen and oxygen atoms in total. The number of amides is 2. The van der Waals surface area contributed by atoms with Crippen molar-refractivity contribution in [2.24, 2.45) is 0 Å². The Morgan fingerprint density at radius 3 is 2.55 bits per heavy atom. The third kappa shape index (κ3) is 5.01. The van der Waals surface area contributed by atoms with Crippen molar-refractivity contribution in [2.75, 3.05) is 23.4 Å². The van der Waals surface area contributed by atoms with Gasteiger partial charge in [0.2, 0.25) is 0 Å². The van der Waals surface area contributed by atoms with Crippen molar-refractivity contribution in [3.63, 3.8) is 0 Å². The lowest BCUT2D eigenvalue weighted by Gasteiger charge is -2.13. The van der Waals surface area contributed by atoms with Crippen LogP contribution in [0.1, 0.15) is 15.9 Å². The second kappa shape index (κ2) is 8.17. The molecule has 1 saturated heterocycles. The number of halogens is 3. The molecule has 0 bridgehead atoms. The highest BCUT2D eigenvalue weighted by atomic mass is 19.4. The van der Waals surface area contributed by atoms with Crippen LogP contribution in [0.25, 0.3) is 6.08 Å². The molecular formula is C20H15F3N2O4. The first-order valence-electron chi connectivity index (χ1n) is 8.49. The number of rotatable bonds is 5. The van der Waals surface area contributed by atoms with Gasteiger partial charge in [0.15, 0.2) is 5.78 Å². The molecule has 1 aliphatic heterocycles. The van der Waals surface area contributed by atoms with Gasteiger partial charge in [0.05, 0.1) is 6.54 Å². The van der Waals surface area contributed by atoms with E-state index in [1.54, 1.807) is 35.6 Å². The van der Waals surface area contributed by atoms with Gasteiger partial charge in [-0.3, -0.25) is 14.5 Å². The van der Waals surface area contributed by atoms with Crippen LogP contribution in [0.2, 0.25) is 0 Å². The van der Waals surface area contributed by atoms with Crippen molar-refractivity contribution in [1.82, 2.24) is 0 Å². The summed E-state index contributed by atoms with van der Waals surface area (Å²) in [6.45, 7) is 0.668. The van der Waals surface area contributed by atoms with Crippen LogP contribution in [0.3, 0.4) is 0 Å². The molecule has 0 radical (unpaired) electrons. The number of ketones is 1. The third-order valence-corrected chi connectivity index (χ3v) is 4.03. The van der Waals surface area contributed by atoms with E-state index in [1.165, 1.54) is 35.3 Å². The van der Waals surface area contributed by atoms with Crippen LogP contribution in [-0.2, 0) is 9.53 Å². The summed E-state index contributed by atoms with van der Waals surface area (Å²) in [5.74, 6) is -2.43. The fourth-order valence-corrected chi connectivity index (χ4v) is 2.65. The number of nitrogens with zero attached hydrogens (tertiary/aromatic N) is 1. The van der Waals surface area contributed by atoms with Crippen molar-refractivity contribution in [3.8, 4) is 0 Å². The summed E-state index contributed by atoms with van der Waals surface area (Å²) in [7, 11) is 0. The van der Waals surface area contributed by atoms with E-state index in [1.807, 2.05) is 0 Å². The zero-order valence-corrected chi connectivity index (χ0v) is 14.9. The Kier molecular flexibility index (Phi) is 5.67. The Bertz CT molecular complexity index is 986. The number of carbonyl (C=O) groups is 3. The summed E-state index contributed by atoms with van der Waals surface area (Å²) in [5.41, 5.74) is 1.25. The number of carbonyl (C=O) groups excluding carboxylic acids is 3. The van der Waals surface area contributed by atoms with E-state index in [-0.39, 0.29) is 18.1 Å². The molecule has 0 aliphatic carbocycles. The zero-order valence-electron chi connectivity index (χ0n) is 14.9. The Morgan fingerprint density at radius 1 is 1.10 bits per heavy atom. The van der Waals surface area contributed by atoms with E-state index in [0.717, 1.165) is 0 Å². The number of anilines is 2.